The van der Waals surface area contributed by atoms with Gasteiger partial charge in [0.2, 0.25) is 0 Å². The van der Waals surface area contributed by atoms with Crippen molar-refractivity contribution < 1.29 is 9.90 Å². The molecule has 1 unspecified atom stereocenters. The second-order valence-corrected chi connectivity index (χ2v) is 4.96. The van der Waals surface area contributed by atoms with E-state index in [0.717, 1.165) is 11.1 Å². The Kier molecular flexibility index (Phi) is 2.64. The summed E-state index contributed by atoms with van der Waals surface area (Å²) < 4.78 is 0. The Morgan fingerprint density at radius 2 is 1.79 bits per heavy atom. The molecule has 96 valence electrons. The van der Waals surface area contributed by atoms with Crippen molar-refractivity contribution in [2.24, 2.45) is 0 Å². The second-order valence-electron chi connectivity index (χ2n) is 4.96. The van der Waals surface area contributed by atoms with Gasteiger partial charge in [0.1, 0.15) is 0 Å². The molecule has 0 saturated carbocycles. The minimum absolute atomic E-state index is 0.216. The molecule has 0 radical (unpaired) electrons. The van der Waals surface area contributed by atoms with E-state index >= 15 is 0 Å². The van der Waals surface area contributed by atoms with Gasteiger partial charge in [-0.05, 0) is 24.1 Å². The van der Waals surface area contributed by atoms with Crippen LogP contribution < -0.4 is 5.32 Å². The topological polar surface area (TPSA) is 49.3 Å². The van der Waals surface area contributed by atoms with Gasteiger partial charge in [-0.25, -0.2) is 0 Å². The zero-order chi connectivity index (χ0) is 13.5. The van der Waals surface area contributed by atoms with E-state index < -0.39 is 5.72 Å². The smallest absolute Gasteiger partial charge is 0.254 e. The van der Waals surface area contributed by atoms with Crippen LogP contribution in [0.25, 0.3) is 0 Å². The van der Waals surface area contributed by atoms with Crippen molar-refractivity contribution in [2.45, 2.75) is 19.1 Å². The predicted octanol–water partition coefficient (Wildman–Crippen LogP) is 2.13. The van der Waals surface area contributed by atoms with Crippen molar-refractivity contribution >= 4 is 5.91 Å². The highest BCUT2D eigenvalue weighted by Gasteiger charge is 2.41. The Labute approximate surface area is 111 Å². The molecule has 2 aromatic rings. The Morgan fingerprint density at radius 1 is 1.11 bits per heavy atom. The highest BCUT2D eigenvalue weighted by Crippen LogP contribution is 2.32. The fraction of sp³-hybridized carbons (Fsp3) is 0.188. The third-order valence-corrected chi connectivity index (χ3v) is 3.65. The minimum atomic E-state index is -1.31. The van der Waals surface area contributed by atoms with Crippen LogP contribution in [-0.2, 0) is 12.1 Å². The average molecular weight is 253 g/mol. The molecule has 3 rings (SSSR count). The van der Waals surface area contributed by atoms with Crippen LogP contribution in [0, 0.1) is 6.92 Å². The predicted molar refractivity (Wildman–Crippen MR) is 72.7 cm³/mol. The summed E-state index contributed by atoms with van der Waals surface area (Å²) in [7, 11) is 0. The number of nitrogens with one attached hydrogen (secondary N) is 1. The van der Waals surface area contributed by atoms with Gasteiger partial charge >= 0.3 is 0 Å². The van der Waals surface area contributed by atoms with Crippen LogP contribution in [-0.4, -0.2) is 11.0 Å². The number of amides is 1. The number of carbonyl (C=O) groups is 1. The van der Waals surface area contributed by atoms with Crippen LogP contribution in [0.5, 0.6) is 0 Å². The second kappa shape index (κ2) is 4.21. The summed E-state index contributed by atoms with van der Waals surface area (Å²) in [5.74, 6) is -0.216. The first-order valence-electron chi connectivity index (χ1n) is 6.29. The maximum atomic E-state index is 11.9. The molecule has 1 atom stereocenters. The van der Waals surface area contributed by atoms with E-state index in [4.69, 9.17) is 0 Å². The van der Waals surface area contributed by atoms with E-state index in [0.29, 0.717) is 17.5 Å². The summed E-state index contributed by atoms with van der Waals surface area (Å²) >= 11 is 0. The van der Waals surface area contributed by atoms with E-state index in [1.54, 1.807) is 18.2 Å². The van der Waals surface area contributed by atoms with E-state index in [-0.39, 0.29) is 5.91 Å². The molecule has 1 aliphatic rings. The first-order chi connectivity index (χ1) is 9.10. The molecule has 2 aromatic carbocycles. The maximum absolute atomic E-state index is 11.9. The van der Waals surface area contributed by atoms with Gasteiger partial charge in [-0.15, -0.1) is 0 Å². The quantitative estimate of drug-likeness (QED) is 0.861. The lowest BCUT2D eigenvalue weighted by Gasteiger charge is -2.24. The van der Waals surface area contributed by atoms with Crippen LogP contribution in [0.3, 0.4) is 0 Å². The highest BCUT2D eigenvalue weighted by molar-refractivity contribution is 5.99. The minimum Gasteiger partial charge on any atom is -0.366 e. The fourth-order valence-corrected chi connectivity index (χ4v) is 2.59. The largest absolute Gasteiger partial charge is 0.366 e. The summed E-state index contributed by atoms with van der Waals surface area (Å²) in [6.45, 7) is 2.00. The van der Waals surface area contributed by atoms with Crippen molar-refractivity contribution in [1.29, 1.82) is 0 Å². The molecule has 0 aliphatic carbocycles. The van der Waals surface area contributed by atoms with Gasteiger partial charge in [-0.3, -0.25) is 4.79 Å². The van der Waals surface area contributed by atoms with E-state index in [9.17, 15) is 9.90 Å². The molecule has 0 fully saturated rings. The third kappa shape index (κ3) is 1.92. The molecule has 3 heteroatoms. The Morgan fingerprint density at radius 3 is 2.58 bits per heavy atom. The summed E-state index contributed by atoms with van der Waals surface area (Å²) in [6.07, 6.45) is 0.377. The van der Waals surface area contributed by atoms with Gasteiger partial charge in [-0.2, -0.15) is 0 Å². The molecular formula is C16H15NO2. The summed E-state index contributed by atoms with van der Waals surface area (Å²) in [5, 5.41) is 13.4. The first kappa shape index (κ1) is 11.9. The van der Waals surface area contributed by atoms with E-state index in [2.05, 4.69) is 5.32 Å². The molecule has 1 aliphatic heterocycles. The van der Waals surface area contributed by atoms with E-state index in [1.165, 1.54) is 0 Å². The molecule has 19 heavy (non-hydrogen) atoms. The number of benzene rings is 2. The van der Waals surface area contributed by atoms with Crippen molar-refractivity contribution in [1.82, 2.24) is 5.32 Å². The molecule has 0 bridgehead atoms. The number of hydrogen-bond donors (Lipinski definition) is 2. The van der Waals surface area contributed by atoms with Gasteiger partial charge in [-0.1, -0.05) is 42.5 Å². The van der Waals surface area contributed by atoms with Gasteiger partial charge in [0.25, 0.3) is 5.91 Å². The van der Waals surface area contributed by atoms with Crippen molar-refractivity contribution in [2.75, 3.05) is 0 Å². The summed E-state index contributed by atoms with van der Waals surface area (Å²) in [4.78, 5) is 11.9. The number of fused-ring (bicyclic) bond motifs is 1. The lowest BCUT2D eigenvalue weighted by Crippen LogP contribution is -2.41. The fourth-order valence-electron chi connectivity index (χ4n) is 2.59. The van der Waals surface area contributed by atoms with Crippen LogP contribution in [0.4, 0.5) is 0 Å². The standard InChI is InChI=1S/C16H15NO2/c1-11-6-2-3-7-12(11)10-16(19)14-9-5-4-8-13(14)15(18)17-16/h2-9,19H,10H2,1H3,(H,17,18). The Balaban J connectivity index is 2.02. The third-order valence-electron chi connectivity index (χ3n) is 3.65. The van der Waals surface area contributed by atoms with Crippen LogP contribution in [0.15, 0.2) is 48.5 Å². The molecule has 0 aromatic heterocycles. The lowest BCUT2D eigenvalue weighted by atomic mass is 9.93. The number of aliphatic hydroxyl groups is 1. The van der Waals surface area contributed by atoms with Crippen molar-refractivity contribution in [3.05, 3.63) is 70.8 Å². The molecular weight excluding hydrogens is 238 g/mol. The monoisotopic (exact) mass is 253 g/mol. The van der Waals surface area contributed by atoms with E-state index in [1.807, 2.05) is 37.3 Å². The van der Waals surface area contributed by atoms with Gasteiger partial charge < -0.3 is 10.4 Å². The molecule has 0 saturated heterocycles. The van der Waals surface area contributed by atoms with Gasteiger partial charge in [0, 0.05) is 17.5 Å². The van der Waals surface area contributed by atoms with Crippen molar-refractivity contribution in [3.8, 4) is 0 Å². The highest BCUT2D eigenvalue weighted by atomic mass is 16.3. The summed E-state index contributed by atoms with van der Waals surface area (Å²) in [5.41, 5.74) is 2.04. The number of rotatable bonds is 2. The SMILES string of the molecule is Cc1ccccc1CC1(O)NC(=O)c2ccccc21. The molecule has 3 nitrogen and oxygen atoms in total. The van der Waals surface area contributed by atoms with Crippen LogP contribution in [0.2, 0.25) is 0 Å². The normalized spacial score (nSPS) is 21.1. The van der Waals surface area contributed by atoms with Crippen molar-refractivity contribution in [3.63, 3.8) is 0 Å². The van der Waals surface area contributed by atoms with Crippen LogP contribution >= 0.6 is 0 Å². The Hall–Kier alpha value is -2.13. The molecule has 2 N–H and O–H groups in total. The lowest BCUT2D eigenvalue weighted by molar-refractivity contribution is 0.0133. The molecule has 0 spiro atoms. The number of aryl methyl sites for hydroxylation is 1. The number of hydrogen-bond acceptors (Lipinski definition) is 2. The average Bonchev–Trinajstić information content (AvgIpc) is 2.65. The zero-order valence-electron chi connectivity index (χ0n) is 10.7. The van der Waals surface area contributed by atoms with Gasteiger partial charge in [0.15, 0.2) is 5.72 Å². The first-order valence-corrected chi connectivity index (χ1v) is 6.29. The van der Waals surface area contributed by atoms with Crippen LogP contribution in [0.1, 0.15) is 27.0 Å². The number of carbonyl (C=O) groups excluding carboxylic acids is 1. The zero-order valence-corrected chi connectivity index (χ0v) is 10.7. The molecule has 1 heterocycles. The van der Waals surface area contributed by atoms with Gasteiger partial charge in [0.05, 0.1) is 0 Å². The Bertz CT molecular complexity index is 651. The molecule has 1 amide bonds. The maximum Gasteiger partial charge on any atom is 0.254 e. The summed E-state index contributed by atoms with van der Waals surface area (Å²) in [6, 6.07) is 15.0.